The zero-order valence-electron chi connectivity index (χ0n) is 19.0. The molecule has 0 amide bonds. The molecule has 0 fully saturated rings. The second kappa shape index (κ2) is 7.26. The quantitative estimate of drug-likeness (QED) is 0.218. The Labute approximate surface area is 227 Å². The van der Waals surface area contributed by atoms with Crippen molar-refractivity contribution in [1.29, 1.82) is 0 Å². The van der Waals surface area contributed by atoms with Crippen LogP contribution in [0.4, 0.5) is 0 Å². The van der Waals surface area contributed by atoms with E-state index in [0.29, 0.717) is 0 Å². The number of benzene rings is 3. The Hall–Kier alpha value is -3.56. The number of allylic oxidation sites excluding steroid dienone is 1. The van der Waals surface area contributed by atoms with Crippen LogP contribution < -0.4 is 0 Å². The smallest absolute Gasteiger partial charge is 0.113 e. The Morgan fingerprint density at radius 2 is 1.16 bits per heavy atom. The van der Waals surface area contributed by atoms with Gasteiger partial charge in [0.15, 0.2) is 0 Å². The molecule has 0 unspecified atom stereocenters. The van der Waals surface area contributed by atoms with E-state index in [1.165, 1.54) is 65.2 Å². The highest BCUT2D eigenvalue weighted by atomic mass is 32.1. The van der Waals surface area contributed by atoms with Crippen LogP contribution in [0.3, 0.4) is 0 Å². The average molecular weight is 547 g/mol. The lowest BCUT2D eigenvalue weighted by atomic mass is 9.75. The third-order valence-electron chi connectivity index (χ3n) is 7.52. The molecule has 174 valence electrons. The van der Waals surface area contributed by atoms with Gasteiger partial charge in [-0.3, -0.25) is 0 Å². The van der Waals surface area contributed by atoms with Gasteiger partial charge in [0.1, 0.15) is 22.1 Å². The second-order valence-corrected chi connectivity index (χ2v) is 12.5. The maximum atomic E-state index is 4.63. The first kappa shape index (κ1) is 20.5. The van der Waals surface area contributed by atoms with Gasteiger partial charge in [0, 0.05) is 20.9 Å². The number of thiophene rings is 2. The molecule has 7 aromatic rings. The topological polar surface area (TPSA) is 51.6 Å². The van der Waals surface area contributed by atoms with Crippen molar-refractivity contribution >= 4 is 74.3 Å². The Kier molecular flexibility index (Phi) is 4.02. The van der Waals surface area contributed by atoms with Gasteiger partial charge in [0.2, 0.25) is 0 Å². The third-order valence-corrected chi connectivity index (χ3v) is 11.1. The molecular weight excluding hydrogens is 533 g/mol. The summed E-state index contributed by atoms with van der Waals surface area (Å²) in [6.07, 6.45) is 4.70. The van der Waals surface area contributed by atoms with Crippen molar-refractivity contribution < 1.29 is 0 Å². The van der Waals surface area contributed by atoms with Crippen molar-refractivity contribution in [3.05, 3.63) is 101 Å². The highest BCUT2D eigenvalue weighted by molar-refractivity contribution is 7.26. The van der Waals surface area contributed by atoms with Crippen molar-refractivity contribution in [1.82, 2.24) is 17.5 Å². The lowest BCUT2D eigenvalue weighted by Gasteiger charge is -2.25. The molecule has 0 bridgehead atoms. The zero-order valence-corrected chi connectivity index (χ0v) is 22.3. The fraction of sp³-hybridized carbons (Fsp3) is 0.0345. The first-order valence-electron chi connectivity index (χ1n) is 11.8. The van der Waals surface area contributed by atoms with Gasteiger partial charge in [-0.05, 0) is 46.5 Å². The van der Waals surface area contributed by atoms with Crippen LogP contribution in [0.1, 0.15) is 22.3 Å². The summed E-state index contributed by atoms with van der Waals surface area (Å²) in [5.74, 6) is 0. The maximum Gasteiger partial charge on any atom is 0.113 e. The molecule has 0 saturated carbocycles. The van der Waals surface area contributed by atoms with Crippen LogP contribution in [0.15, 0.2) is 78.9 Å². The van der Waals surface area contributed by atoms with E-state index in [9.17, 15) is 0 Å². The Balaban J connectivity index is 1.33. The van der Waals surface area contributed by atoms with Gasteiger partial charge in [-0.1, -0.05) is 60.7 Å². The predicted octanol–water partition coefficient (Wildman–Crippen LogP) is 8.49. The van der Waals surface area contributed by atoms with Crippen LogP contribution in [0, 0.1) is 0 Å². The Bertz CT molecular complexity index is 1950. The summed E-state index contributed by atoms with van der Waals surface area (Å²) in [6.45, 7) is 0. The minimum atomic E-state index is -0.285. The molecule has 0 radical (unpaired) electrons. The number of rotatable bonds is 2. The van der Waals surface area contributed by atoms with Crippen molar-refractivity contribution in [2.24, 2.45) is 0 Å². The monoisotopic (exact) mass is 546 g/mol. The molecule has 9 rings (SSSR count). The van der Waals surface area contributed by atoms with E-state index in [-0.39, 0.29) is 5.41 Å². The molecule has 0 aliphatic heterocycles. The summed E-state index contributed by atoms with van der Waals surface area (Å²) < 4.78 is 18.2. The highest BCUT2D eigenvalue weighted by Gasteiger charge is 2.48. The minimum absolute atomic E-state index is 0.285. The number of hydrogen-bond acceptors (Lipinski definition) is 8. The fourth-order valence-electron chi connectivity index (χ4n) is 5.90. The van der Waals surface area contributed by atoms with E-state index in [1.54, 1.807) is 0 Å². The molecule has 1 spiro atoms. The lowest BCUT2D eigenvalue weighted by Crippen LogP contribution is -2.21. The molecule has 4 aromatic heterocycles. The van der Waals surface area contributed by atoms with Crippen molar-refractivity contribution in [2.45, 2.75) is 5.41 Å². The average Bonchev–Trinajstić information content (AvgIpc) is 3.76. The molecule has 4 nitrogen and oxygen atoms in total. The molecule has 0 atom stereocenters. The van der Waals surface area contributed by atoms with E-state index < -0.39 is 0 Å². The molecular formula is C29H14N4S4. The van der Waals surface area contributed by atoms with E-state index >= 15 is 0 Å². The normalized spacial score (nSPS) is 14.6. The summed E-state index contributed by atoms with van der Waals surface area (Å²) in [6, 6.07) is 26.2. The molecule has 3 aromatic carbocycles. The lowest BCUT2D eigenvalue weighted by molar-refractivity contribution is 0.826. The Morgan fingerprint density at radius 3 is 1.78 bits per heavy atom. The van der Waals surface area contributed by atoms with Gasteiger partial charge >= 0.3 is 0 Å². The number of fused-ring (bicyclic) bond motifs is 9. The van der Waals surface area contributed by atoms with Crippen LogP contribution >= 0.6 is 46.1 Å². The highest BCUT2D eigenvalue weighted by Crippen LogP contribution is 2.63. The van der Waals surface area contributed by atoms with Crippen LogP contribution in [0.2, 0.25) is 0 Å². The third kappa shape index (κ3) is 2.60. The van der Waals surface area contributed by atoms with Crippen molar-refractivity contribution in [3.63, 3.8) is 0 Å². The first-order chi connectivity index (χ1) is 18.3. The Morgan fingerprint density at radius 1 is 0.568 bits per heavy atom. The van der Waals surface area contributed by atoms with Crippen LogP contribution in [0.5, 0.6) is 0 Å². The standard InChI is InChI=1S/C29H14N4S4/c1-2-8-18-15(5-1)11-12-29(18)19-13-23(16-6-3-9-21-25(16)32-36-30-21)34-27(19)28-20(29)14-24(35-28)17-7-4-10-22-26(17)33-37-31-22/h1-14H. The number of aromatic nitrogens is 4. The summed E-state index contributed by atoms with van der Waals surface area (Å²) in [5.41, 5.74) is 11.3. The summed E-state index contributed by atoms with van der Waals surface area (Å²) >= 11 is 6.30. The molecule has 37 heavy (non-hydrogen) atoms. The van der Waals surface area contributed by atoms with Gasteiger partial charge in [-0.2, -0.15) is 17.5 Å². The van der Waals surface area contributed by atoms with Gasteiger partial charge in [0.25, 0.3) is 0 Å². The van der Waals surface area contributed by atoms with E-state index in [2.05, 4.69) is 90.3 Å². The molecule has 2 aliphatic rings. The summed E-state index contributed by atoms with van der Waals surface area (Å²) in [7, 11) is 0. The maximum absolute atomic E-state index is 4.63. The van der Waals surface area contributed by atoms with Gasteiger partial charge in [-0.15, -0.1) is 22.7 Å². The largest absolute Gasteiger partial charge is 0.173 e. The minimum Gasteiger partial charge on any atom is -0.173 e. The number of nitrogens with zero attached hydrogens (tertiary/aromatic N) is 4. The molecule has 4 heterocycles. The molecule has 2 aliphatic carbocycles. The second-order valence-electron chi connectivity index (χ2n) is 9.31. The van der Waals surface area contributed by atoms with Crippen LogP contribution in [0.25, 0.3) is 58.8 Å². The van der Waals surface area contributed by atoms with Crippen molar-refractivity contribution in [3.8, 4) is 30.6 Å². The van der Waals surface area contributed by atoms with Gasteiger partial charge < -0.3 is 0 Å². The zero-order chi connectivity index (χ0) is 24.1. The predicted molar refractivity (Wildman–Crippen MR) is 156 cm³/mol. The number of hydrogen-bond donors (Lipinski definition) is 0. The molecule has 0 saturated heterocycles. The fourth-order valence-corrected chi connectivity index (χ4v) is 9.66. The van der Waals surface area contributed by atoms with Crippen LogP contribution in [-0.2, 0) is 5.41 Å². The van der Waals surface area contributed by atoms with Gasteiger partial charge in [-0.25, -0.2) is 0 Å². The van der Waals surface area contributed by atoms with Crippen molar-refractivity contribution in [2.75, 3.05) is 0 Å². The molecule has 8 heteroatoms. The van der Waals surface area contributed by atoms with E-state index in [4.69, 9.17) is 0 Å². The van der Waals surface area contributed by atoms with Crippen LogP contribution in [-0.4, -0.2) is 17.5 Å². The van der Waals surface area contributed by atoms with Gasteiger partial charge in [0.05, 0.1) is 38.6 Å². The summed E-state index contributed by atoms with van der Waals surface area (Å²) in [4.78, 5) is 5.19. The van der Waals surface area contributed by atoms with E-state index in [1.807, 2.05) is 34.8 Å². The van der Waals surface area contributed by atoms with E-state index in [0.717, 1.165) is 33.2 Å². The summed E-state index contributed by atoms with van der Waals surface area (Å²) in [5, 5.41) is 0. The SMILES string of the molecule is C1=CC2(c3ccccc31)c1cc(-c3cccc4nsnc34)sc1-c1sc(-c3cccc4nsnc34)cc12. The first-order valence-corrected chi connectivity index (χ1v) is 14.9. The molecule has 0 N–H and O–H groups in total.